The summed E-state index contributed by atoms with van der Waals surface area (Å²) in [5.41, 5.74) is 1.75. The average Bonchev–Trinajstić information content (AvgIpc) is 1.38. The van der Waals surface area contributed by atoms with E-state index < -0.39 is 0 Å². The Morgan fingerprint density at radius 1 is 2.00 bits per heavy atom. The van der Waals surface area contributed by atoms with E-state index in [0.29, 0.717) is 0 Å². The van der Waals surface area contributed by atoms with E-state index in [1.165, 1.54) is 0 Å². The van der Waals surface area contributed by atoms with Crippen molar-refractivity contribution in [3.63, 3.8) is 0 Å². The molecule has 0 spiro atoms. The van der Waals surface area contributed by atoms with E-state index >= 15 is 0 Å². The fourth-order valence-electron chi connectivity index (χ4n) is 0. The molecule has 28 valence electrons. The zero-order chi connectivity index (χ0) is 4.28. The van der Waals surface area contributed by atoms with Gasteiger partial charge >= 0.3 is 41.3 Å². The van der Waals surface area contributed by atoms with Crippen LogP contribution in [0.2, 0.25) is 0 Å². The van der Waals surface area contributed by atoms with Crippen molar-refractivity contribution in [2.24, 2.45) is 0 Å². The maximum absolute atomic E-state index is 3.99. The van der Waals surface area contributed by atoms with Gasteiger partial charge in [-0.15, -0.1) is 0 Å². The van der Waals surface area contributed by atoms with Gasteiger partial charge in [0.2, 0.25) is 0 Å². The summed E-state index contributed by atoms with van der Waals surface area (Å²) in [4.78, 5) is 0. The number of thiol groups is 1. The summed E-state index contributed by atoms with van der Waals surface area (Å²) < 4.78 is 0. The Kier molecular flexibility index (Phi) is 3.96. The molecule has 0 heterocycles. The molecule has 0 N–H and O–H groups in total. The Bertz CT molecular complexity index is 120. The number of rotatable bonds is 0. The molecule has 0 aliphatic carbocycles. The topological polar surface area (TPSA) is 0 Å². The molecule has 0 amide bonds. The minimum absolute atomic E-state index is 0.111. The third-order valence-electron chi connectivity index (χ3n) is 0.153. The quantitative estimate of drug-likeness (QED) is 0.282. The molecule has 0 nitrogen and oxygen atoms in total. The first-order valence-corrected chi connectivity index (χ1v) is 4.35. The van der Waals surface area contributed by atoms with Crippen molar-refractivity contribution in [1.29, 1.82) is 0 Å². The molecular formula is CH4BPS2. The van der Waals surface area contributed by atoms with Crippen molar-refractivity contribution in [1.82, 2.24) is 0 Å². The third-order valence-corrected chi connectivity index (χ3v) is 2.22. The second-order valence-electron chi connectivity index (χ2n) is 0.629. The van der Waals surface area contributed by atoms with Crippen molar-refractivity contribution in [3.05, 3.63) is 0 Å². The summed E-state index contributed by atoms with van der Waals surface area (Å²) >= 11 is 3.83. The van der Waals surface area contributed by atoms with Gasteiger partial charge in [0.25, 0.3) is 0 Å². The molecular weight excluding hydrogens is 118 g/mol. The van der Waals surface area contributed by atoms with Crippen LogP contribution < -0.4 is 0 Å². The standard InChI is InChI=1S/CH4BPS2/c1-5(3)2-4/h4H,1H3. The minimum atomic E-state index is 0.111. The van der Waals surface area contributed by atoms with Gasteiger partial charge < -0.3 is 0 Å². The molecule has 0 fully saturated rings. The van der Waals surface area contributed by atoms with Gasteiger partial charge in [-0.3, -0.25) is 0 Å². The molecule has 0 bridgehead atoms. The van der Waals surface area contributed by atoms with Crippen molar-refractivity contribution in [2.75, 3.05) is 6.26 Å². The summed E-state index contributed by atoms with van der Waals surface area (Å²) in [6.07, 6.45) is 1.98. The molecule has 0 aliphatic rings. The van der Waals surface area contributed by atoms with E-state index in [4.69, 9.17) is 0 Å². The van der Waals surface area contributed by atoms with Gasteiger partial charge in [-0.2, -0.15) is 0 Å². The molecule has 5 heavy (non-hydrogen) atoms. The molecule has 0 radical (unpaired) electrons. The van der Waals surface area contributed by atoms with Crippen LogP contribution in [-0.2, 0) is 0 Å². The van der Waals surface area contributed by atoms with Crippen molar-refractivity contribution < 1.29 is 0 Å². The zero-order valence-corrected chi connectivity index (χ0v) is 5.49. The second kappa shape index (κ2) is 3.26. The maximum atomic E-state index is 3.99. The number of hydrogen-bond donors (Lipinski definition) is 1. The summed E-state index contributed by atoms with van der Waals surface area (Å²) in [6.45, 7) is 0. The molecule has 0 rings (SSSR count). The Morgan fingerprint density at radius 2 is 2.20 bits per heavy atom. The van der Waals surface area contributed by atoms with Crippen LogP contribution in [0.5, 0.6) is 0 Å². The summed E-state index contributed by atoms with van der Waals surface area (Å²) in [7, 11) is 4.10. The number of hydrogen-bond acceptors (Lipinski definition) is 0. The first-order chi connectivity index (χ1) is 2.27. The van der Waals surface area contributed by atoms with Gasteiger partial charge in [0, 0.05) is 0 Å². The summed E-state index contributed by atoms with van der Waals surface area (Å²) in [5, 5.41) is 0. The van der Waals surface area contributed by atoms with Crippen molar-refractivity contribution >= 4 is 35.0 Å². The van der Waals surface area contributed by atoms with Crippen LogP contribution in [0, 0.1) is 0 Å². The monoisotopic (exact) mass is 122 g/mol. The van der Waals surface area contributed by atoms with Crippen molar-refractivity contribution in [3.8, 4) is 0 Å². The van der Waals surface area contributed by atoms with Crippen LogP contribution >= 0.6 is 29.6 Å². The van der Waals surface area contributed by atoms with E-state index in [1.807, 2.05) is 6.26 Å². The Balaban J connectivity index is 3.82. The molecule has 0 aromatic rings. The first kappa shape index (κ1) is 6.06. The van der Waals surface area contributed by atoms with Crippen LogP contribution in [-0.4, -0.2) is 11.7 Å². The molecule has 0 saturated heterocycles. The van der Waals surface area contributed by atoms with E-state index in [2.05, 4.69) is 20.3 Å². The van der Waals surface area contributed by atoms with Gasteiger partial charge in [-0.25, -0.2) is 0 Å². The third kappa shape index (κ3) is 5.06. The molecule has 0 aliphatic heterocycles. The Morgan fingerprint density at radius 3 is 2.20 bits per heavy atom. The SMILES string of the molecule is CS(#P)=BS. The average molecular weight is 122 g/mol. The van der Waals surface area contributed by atoms with Gasteiger partial charge in [0.05, 0.1) is 0 Å². The van der Waals surface area contributed by atoms with Gasteiger partial charge in [0.15, 0.2) is 0 Å². The molecule has 0 unspecified atom stereocenters. The molecule has 4 heteroatoms. The molecule has 0 saturated carbocycles. The van der Waals surface area contributed by atoms with E-state index in [-0.39, 0.29) is 9.30 Å². The van der Waals surface area contributed by atoms with Gasteiger partial charge in [-0.05, 0) is 0 Å². The van der Waals surface area contributed by atoms with Crippen LogP contribution in [0.25, 0.3) is 0 Å². The predicted molar refractivity (Wildman–Crippen MR) is 35.2 cm³/mol. The van der Waals surface area contributed by atoms with Crippen LogP contribution in [0.1, 0.15) is 0 Å². The fourth-order valence-corrected chi connectivity index (χ4v) is 0. The van der Waals surface area contributed by atoms with Crippen LogP contribution in [0.15, 0.2) is 0 Å². The Hall–Kier alpha value is 1.06. The van der Waals surface area contributed by atoms with Crippen LogP contribution in [0.3, 0.4) is 0 Å². The first-order valence-electron chi connectivity index (χ1n) is 1.08. The van der Waals surface area contributed by atoms with Gasteiger partial charge in [-0.1, -0.05) is 0 Å². The zero-order valence-electron chi connectivity index (χ0n) is 2.88. The van der Waals surface area contributed by atoms with E-state index in [0.717, 1.165) is 0 Å². The van der Waals surface area contributed by atoms with Gasteiger partial charge in [0.1, 0.15) is 0 Å². The fraction of sp³-hybridized carbons (Fsp3) is 1.00. The van der Waals surface area contributed by atoms with E-state index in [9.17, 15) is 0 Å². The normalized spacial score (nSPS) is 10.2. The van der Waals surface area contributed by atoms with E-state index in [1.54, 1.807) is 5.43 Å². The molecule has 0 aromatic heterocycles. The summed E-state index contributed by atoms with van der Waals surface area (Å²) in [5.74, 6) is 0. The second-order valence-corrected chi connectivity index (χ2v) is 4.25. The van der Waals surface area contributed by atoms with Crippen LogP contribution in [0.4, 0.5) is 0 Å². The van der Waals surface area contributed by atoms with Crippen molar-refractivity contribution in [2.45, 2.75) is 0 Å². The molecule has 0 atom stereocenters. The Labute approximate surface area is 41.7 Å². The summed E-state index contributed by atoms with van der Waals surface area (Å²) in [6, 6.07) is 0. The molecule has 0 aromatic carbocycles. The predicted octanol–water partition coefficient (Wildman–Crippen LogP) is 1.67.